The van der Waals surface area contributed by atoms with E-state index in [9.17, 15) is 9.18 Å². The van der Waals surface area contributed by atoms with E-state index < -0.39 is 5.97 Å². The smallest absolute Gasteiger partial charge is 0.338 e. The number of ether oxygens (including phenoxy) is 1. The molecule has 2 rings (SSSR count). The Bertz CT molecular complexity index is 601. The fraction of sp³-hybridized carbons (Fsp3) is 0.118. The molecule has 2 aromatic rings. The van der Waals surface area contributed by atoms with Gasteiger partial charge in [-0.2, -0.15) is 0 Å². The highest BCUT2D eigenvalue weighted by Crippen LogP contribution is 2.20. The van der Waals surface area contributed by atoms with Crippen LogP contribution in [0.25, 0.3) is 11.6 Å². The third kappa shape index (κ3) is 3.54. The van der Waals surface area contributed by atoms with Crippen molar-refractivity contribution in [1.82, 2.24) is 0 Å². The van der Waals surface area contributed by atoms with E-state index in [1.807, 2.05) is 30.3 Å². The second kappa shape index (κ2) is 6.66. The van der Waals surface area contributed by atoms with Crippen molar-refractivity contribution in [2.45, 2.75) is 6.92 Å². The quantitative estimate of drug-likeness (QED) is 0.478. The fourth-order valence-corrected chi connectivity index (χ4v) is 1.81. The number of hydrogen-bond acceptors (Lipinski definition) is 2. The molecule has 0 aliphatic rings. The van der Waals surface area contributed by atoms with Gasteiger partial charge in [0.05, 0.1) is 12.2 Å². The standard InChI is InChI=1S/C17H15FO2/c1-2-20-17(19)16(12-13-6-4-3-5-7-13)14-8-10-15(18)11-9-14/h3-12H,2H2,1H3. The van der Waals surface area contributed by atoms with E-state index in [2.05, 4.69) is 0 Å². The third-order valence-electron chi connectivity index (χ3n) is 2.76. The Labute approximate surface area is 117 Å². The molecule has 2 aromatic carbocycles. The molecule has 0 saturated carbocycles. The van der Waals surface area contributed by atoms with E-state index in [0.29, 0.717) is 17.7 Å². The van der Waals surface area contributed by atoms with Crippen molar-refractivity contribution in [3.63, 3.8) is 0 Å². The van der Waals surface area contributed by atoms with Gasteiger partial charge in [-0.05, 0) is 36.3 Å². The lowest BCUT2D eigenvalue weighted by Crippen LogP contribution is -2.06. The van der Waals surface area contributed by atoms with E-state index >= 15 is 0 Å². The van der Waals surface area contributed by atoms with Crippen LogP contribution in [0.15, 0.2) is 54.6 Å². The number of rotatable bonds is 4. The van der Waals surface area contributed by atoms with Crippen LogP contribution in [0.2, 0.25) is 0 Å². The van der Waals surface area contributed by atoms with Gasteiger partial charge in [0, 0.05) is 0 Å². The lowest BCUT2D eigenvalue weighted by molar-refractivity contribution is -0.136. The van der Waals surface area contributed by atoms with E-state index in [-0.39, 0.29) is 5.82 Å². The number of hydrogen-bond donors (Lipinski definition) is 0. The highest BCUT2D eigenvalue weighted by molar-refractivity contribution is 6.21. The van der Waals surface area contributed by atoms with Crippen molar-refractivity contribution >= 4 is 17.6 Å². The maximum atomic E-state index is 13.0. The molecule has 0 aliphatic heterocycles. The number of carbonyl (C=O) groups is 1. The molecule has 0 aromatic heterocycles. The largest absolute Gasteiger partial charge is 0.462 e. The Morgan fingerprint density at radius 1 is 1.10 bits per heavy atom. The zero-order chi connectivity index (χ0) is 14.4. The predicted octanol–water partition coefficient (Wildman–Crippen LogP) is 3.93. The van der Waals surface area contributed by atoms with Crippen LogP contribution < -0.4 is 0 Å². The van der Waals surface area contributed by atoms with Crippen molar-refractivity contribution in [2.75, 3.05) is 6.61 Å². The van der Waals surface area contributed by atoms with E-state index in [1.54, 1.807) is 25.1 Å². The Morgan fingerprint density at radius 2 is 1.75 bits per heavy atom. The zero-order valence-corrected chi connectivity index (χ0v) is 11.2. The highest BCUT2D eigenvalue weighted by atomic mass is 19.1. The van der Waals surface area contributed by atoms with Crippen LogP contribution in [0.5, 0.6) is 0 Å². The predicted molar refractivity (Wildman–Crippen MR) is 77.3 cm³/mol. The molecule has 20 heavy (non-hydrogen) atoms. The van der Waals surface area contributed by atoms with Crippen LogP contribution in [0.1, 0.15) is 18.1 Å². The van der Waals surface area contributed by atoms with Gasteiger partial charge in [0.1, 0.15) is 5.82 Å². The summed E-state index contributed by atoms with van der Waals surface area (Å²) in [6.07, 6.45) is 1.74. The Balaban J connectivity index is 2.42. The molecule has 0 N–H and O–H groups in total. The average molecular weight is 270 g/mol. The molecule has 0 atom stereocenters. The monoisotopic (exact) mass is 270 g/mol. The van der Waals surface area contributed by atoms with Crippen molar-refractivity contribution < 1.29 is 13.9 Å². The summed E-state index contributed by atoms with van der Waals surface area (Å²) < 4.78 is 18.1. The van der Waals surface area contributed by atoms with Gasteiger partial charge in [0.2, 0.25) is 0 Å². The van der Waals surface area contributed by atoms with Crippen LogP contribution in [0.4, 0.5) is 4.39 Å². The molecule has 3 heteroatoms. The minimum absolute atomic E-state index is 0.298. The number of benzene rings is 2. The third-order valence-corrected chi connectivity index (χ3v) is 2.76. The van der Waals surface area contributed by atoms with E-state index in [0.717, 1.165) is 5.56 Å². The molecular weight excluding hydrogens is 255 g/mol. The summed E-state index contributed by atoms with van der Waals surface area (Å²) in [7, 11) is 0. The SMILES string of the molecule is CCOC(=O)C(=Cc1ccccc1)c1ccc(F)cc1. The van der Waals surface area contributed by atoms with Crippen LogP contribution in [0, 0.1) is 5.82 Å². The molecule has 0 radical (unpaired) electrons. The zero-order valence-electron chi connectivity index (χ0n) is 11.2. The summed E-state index contributed by atoms with van der Waals surface area (Å²) in [6.45, 7) is 2.05. The first kappa shape index (κ1) is 14.0. The summed E-state index contributed by atoms with van der Waals surface area (Å²) in [5.74, 6) is -0.750. The minimum atomic E-state index is -0.414. The van der Waals surface area contributed by atoms with Gasteiger partial charge in [-0.25, -0.2) is 9.18 Å². The van der Waals surface area contributed by atoms with Gasteiger partial charge in [-0.15, -0.1) is 0 Å². The molecule has 0 saturated heterocycles. The lowest BCUT2D eigenvalue weighted by atomic mass is 10.0. The van der Waals surface area contributed by atoms with Crippen molar-refractivity contribution in [3.8, 4) is 0 Å². The molecule has 0 unspecified atom stereocenters. The fourth-order valence-electron chi connectivity index (χ4n) is 1.81. The van der Waals surface area contributed by atoms with Gasteiger partial charge in [0.25, 0.3) is 0 Å². The molecule has 0 aliphatic carbocycles. The normalized spacial score (nSPS) is 11.2. The lowest BCUT2D eigenvalue weighted by Gasteiger charge is -2.07. The van der Waals surface area contributed by atoms with Crippen LogP contribution in [-0.4, -0.2) is 12.6 Å². The first-order valence-corrected chi connectivity index (χ1v) is 6.40. The van der Waals surface area contributed by atoms with E-state index in [4.69, 9.17) is 4.74 Å². The minimum Gasteiger partial charge on any atom is -0.462 e. The summed E-state index contributed by atoms with van der Waals surface area (Å²) in [5.41, 5.74) is 1.94. The second-order valence-electron chi connectivity index (χ2n) is 4.20. The van der Waals surface area contributed by atoms with Gasteiger partial charge in [-0.1, -0.05) is 42.5 Å². The number of carbonyl (C=O) groups excluding carboxylic acids is 1. The summed E-state index contributed by atoms with van der Waals surface area (Å²) in [5, 5.41) is 0. The maximum absolute atomic E-state index is 13.0. The first-order valence-electron chi connectivity index (χ1n) is 6.40. The van der Waals surface area contributed by atoms with Gasteiger partial charge >= 0.3 is 5.97 Å². The molecule has 102 valence electrons. The Kier molecular flexibility index (Phi) is 4.66. The molecule has 0 heterocycles. The first-order chi connectivity index (χ1) is 9.70. The molecule has 0 bridgehead atoms. The molecule has 2 nitrogen and oxygen atoms in total. The van der Waals surface area contributed by atoms with Crippen LogP contribution in [0.3, 0.4) is 0 Å². The molecule has 0 fully saturated rings. The maximum Gasteiger partial charge on any atom is 0.338 e. The van der Waals surface area contributed by atoms with Gasteiger partial charge in [-0.3, -0.25) is 0 Å². The van der Waals surface area contributed by atoms with Crippen LogP contribution >= 0.6 is 0 Å². The summed E-state index contributed by atoms with van der Waals surface area (Å²) >= 11 is 0. The highest BCUT2D eigenvalue weighted by Gasteiger charge is 2.13. The second-order valence-corrected chi connectivity index (χ2v) is 4.20. The average Bonchev–Trinajstić information content (AvgIpc) is 2.47. The van der Waals surface area contributed by atoms with Crippen molar-refractivity contribution in [1.29, 1.82) is 0 Å². The van der Waals surface area contributed by atoms with Gasteiger partial charge < -0.3 is 4.74 Å². The number of esters is 1. The summed E-state index contributed by atoms with van der Waals surface area (Å²) in [4.78, 5) is 12.0. The number of halogens is 1. The Morgan fingerprint density at radius 3 is 2.35 bits per heavy atom. The molecule has 0 amide bonds. The van der Waals surface area contributed by atoms with Gasteiger partial charge in [0.15, 0.2) is 0 Å². The van der Waals surface area contributed by atoms with Crippen molar-refractivity contribution in [3.05, 3.63) is 71.5 Å². The topological polar surface area (TPSA) is 26.3 Å². The Hall–Kier alpha value is -2.42. The molecule has 0 spiro atoms. The van der Waals surface area contributed by atoms with E-state index in [1.165, 1.54) is 12.1 Å². The van der Waals surface area contributed by atoms with Crippen molar-refractivity contribution in [2.24, 2.45) is 0 Å². The summed E-state index contributed by atoms with van der Waals surface area (Å²) in [6, 6.07) is 15.3. The van der Waals surface area contributed by atoms with Crippen LogP contribution in [-0.2, 0) is 9.53 Å². The molecular formula is C17H15FO2.